The molecular weight excluding hydrogens is 338 g/mol. The molecule has 1 saturated carbocycles. The van der Waals surface area contributed by atoms with Crippen molar-refractivity contribution in [2.75, 3.05) is 0 Å². The summed E-state index contributed by atoms with van der Waals surface area (Å²) >= 11 is 6.71. The highest BCUT2D eigenvalue weighted by Gasteiger charge is 2.43. The second-order valence-corrected chi connectivity index (χ2v) is 7.49. The Kier molecular flexibility index (Phi) is 3.76. The molecule has 1 aromatic heterocycles. The van der Waals surface area contributed by atoms with Crippen molar-refractivity contribution in [2.24, 2.45) is 0 Å². The van der Waals surface area contributed by atoms with E-state index in [4.69, 9.17) is 16.3 Å². The highest BCUT2D eigenvalue weighted by molar-refractivity contribution is 6.34. The number of carboxylic acids is 1. The van der Waals surface area contributed by atoms with Gasteiger partial charge in [0.1, 0.15) is 11.4 Å². The van der Waals surface area contributed by atoms with Crippen molar-refractivity contribution < 1.29 is 14.6 Å². The lowest BCUT2D eigenvalue weighted by Gasteiger charge is -2.46. The number of carbonyl (C=O) groups is 1. The molecule has 2 heterocycles. The number of hydrogen-bond acceptors (Lipinski definition) is 3. The van der Waals surface area contributed by atoms with Crippen molar-refractivity contribution in [1.82, 2.24) is 4.98 Å². The number of carboxylic acid groups (broad SMARTS) is 1. The Bertz CT molecular complexity index is 887. The van der Waals surface area contributed by atoms with E-state index < -0.39 is 5.97 Å². The molecule has 2 aromatic rings. The number of fused-ring (bicyclic) bond motifs is 1. The van der Waals surface area contributed by atoms with Crippen LogP contribution in [0.1, 0.15) is 52.7 Å². The average molecular weight is 358 g/mol. The molecule has 0 unspecified atom stereocenters. The van der Waals surface area contributed by atoms with E-state index in [-0.39, 0.29) is 11.2 Å². The van der Waals surface area contributed by atoms with Crippen LogP contribution in [0, 0.1) is 13.8 Å². The minimum absolute atomic E-state index is 0.00205. The predicted molar refractivity (Wildman–Crippen MR) is 96.6 cm³/mol. The second-order valence-electron chi connectivity index (χ2n) is 7.11. The van der Waals surface area contributed by atoms with Gasteiger partial charge >= 0.3 is 5.97 Å². The molecule has 1 N–H and O–H groups in total. The van der Waals surface area contributed by atoms with Crippen LogP contribution in [-0.2, 0) is 6.42 Å². The van der Waals surface area contributed by atoms with Gasteiger partial charge in [-0.3, -0.25) is 4.98 Å². The molecule has 1 aliphatic carbocycles. The Hall–Kier alpha value is -2.07. The van der Waals surface area contributed by atoms with Gasteiger partial charge in [0.25, 0.3) is 0 Å². The van der Waals surface area contributed by atoms with Gasteiger partial charge in [0.05, 0.1) is 10.6 Å². The number of halogens is 1. The molecule has 25 heavy (non-hydrogen) atoms. The van der Waals surface area contributed by atoms with Gasteiger partial charge in [0, 0.05) is 29.1 Å². The molecule has 4 rings (SSSR count). The van der Waals surface area contributed by atoms with Crippen molar-refractivity contribution in [1.29, 1.82) is 0 Å². The number of nitrogens with zero attached hydrogens (tertiary/aromatic N) is 1. The van der Waals surface area contributed by atoms with Gasteiger partial charge in [0.15, 0.2) is 0 Å². The molecule has 2 aliphatic rings. The maximum atomic E-state index is 11.6. The molecule has 130 valence electrons. The summed E-state index contributed by atoms with van der Waals surface area (Å²) in [7, 11) is 0. The third-order valence-corrected chi connectivity index (χ3v) is 6.20. The van der Waals surface area contributed by atoms with E-state index in [9.17, 15) is 9.90 Å². The predicted octanol–water partition coefficient (Wildman–Crippen LogP) is 4.96. The highest BCUT2D eigenvalue weighted by atomic mass is 35.5. The van der Waals surface area contributed by atoms with Crippen molar-refractivity contribution in [3.05, 3.63) is 45.7 Å². The molecule has 1 aliphatic heterocycles. The molecule has 0 radical (unpaired) electrons. The van der Waals surface area contributed by atoms with Crippen LogP contribution in [0.4, 0.5) is 0 Å². The average Bonchev–Trinajstić information content (AvgIpc) is 2.58. The molecule has 1 fully saturated rings. The molecule has 0 amide bonds. The fourth-order valence-electron chi connectivity index (χ4n) is 4.09. The number of aromatic nitrogens is 1. The first-order chi connectivity index (χ1) is 11.9. The summed E-state index contributed by atoms with van der Waals surface area (Å²) in [5.41, 5.74) is 4.62. The number of benzene rings is 1. The van der Waals surface area contributed by atoms with Crippen LogP contribution < -0.4 is 4.74 Å². The SMILES string of the molecule is Cc1c(Cl)c(-c2ccncc2C(=O)O)c(C)c2c1OC1(CCC1)CC2. The van der Waals surface area contributed by atoms with Gasteiger partial charge in [-0.15, -0.1) is 0 Å². The zero-order chi connectivity index (χ0) is 17.8. The highest BCUT2D eigenvalue weighted by Crippen LogP contribution is 2.50. The lowest BCUT2D eigenvalue weighted by atomic mass is 9.73. The number of hydrogen-bond donors (Lipinski definition) is 1. The normalized spacial score (nSPS) is 17.6. The van der Waals surface area contributed by atoms with Gasteiger partial charge in [-0.1, -0.05) is 11.6 Å². The van der Waals surface area contributed by atoms with E-state index in [1.807, 2.05) is 13.8 Å². The van der Waals surface area contributed by atoms with Crippen LogP contribution in [0.3, 0.4) is 0 Å². The van der Waals surface area contributed by atoms with E-state index in [1.54, 1.807) is 12.3 Å². The van der Waals surface area contributed by atoms with Gasteiger partial charge in [-0.25, -0.2) is 4.79 Å². The molecule has 0 bridgehead atoms. The smallest absolute Gasteiger partial charge is 0.337 e. The fraction of sp³-hybridized carbons (Fsp3) is 0.400. The summed E-state index contributed by atoms with van der Waals surface area (Å²) in [5.74, 6) is -0.0956. The molecule has 1 aromatic carbocycles. The quantitative estimate of drug-likeness (QED) is 0.824. The first kappa shape index (κ1) is 16.4. The monoisotopic (exact) mass is 357 g/mol. The first-order valence-electron chi connectivity index (χ1n) is 8.62. The lowest BCUT2D eigenvalue weighted by molar-refractivity contribution is -0.0256. The Morgan fingerprint density at radius 3 is 2.68 bits per heavy atom. The third kappa shape index (κ3) is 2.43. The van der Waals surface area contributed by atoms with Crippen molar-refractivity contribution >= 4 is 17.6 Å². The van der Waals surface area contributed by atoms with Crippen molar-refractivity contribution in [3.63, 3.8) is 0 Å². The summed E-state index contributed by atoms with van der Waals surface area (Å²) in [6.45, 7) is 3.97. The Labute approximate surface area is 151 Å². The second kappa shape index (κ2) is 5.73. The van der Waals surface area contributed by atoms with E-state index >= 15 is 0 Å². The number of rotatable bonds is 2. The van der Waals surface area contributed by atoms with Crippen molar-refractivity contribution in [2.45, 2.75) is 51.6 Å². The molecule has 5 heteroatoms. The van der Waals surface area contributed by atoms with Crippen LogP contribution in [0.25, 0.3) is 11.1 Å². The summed E-state index contributed by atoms with van der Waals surface area (Å²) in [6.07, 6.45) is 8.38. The van der Waals surface area contributed by atoms with Crippen LogP contribution in [-0.4, -0.2) is 21.7 Å². The minimum atomic E-state index is -1.00. The standard InChI is InChI=1S/C20H20ClNO3/c1-11-13-4-8-20(6-3-7-20)25-18(13)12(2)17(21)16(11)14-5-9-22-10-15(14)19(23)24/h5,9-10H,3-4,6-8H2,1-2H3,(H,23,24). The maximum absolute atomic E-state index is 11.6. The Balaban J connectivity index is 1.92. The lowest BCUT2D eigenvalue weighted by Crippen LogP contribution is -2.46. The summed E-state index contributed by atoms with van der Waals surface area (Å²) < 4.78 is 6.40. The van der Waals surface area contributed by atoms with E-state index in [2.05, 4.69) is 4.98 Å². The van der Waals surface area contributed by atoms with Gasteiger partial charge in [-0.05, 0) is 63.1 Å². The number of aromatic carboxylic acids is 1. The Morgan fingerprint density at radius 2 is 2.04 bits per heavy atom. The van der Waals surface area contributed by atoms with E-state index in [0.29, 0.717) is 10.6 Å². The molecule has 0 saturated heterocycles. The van der Waals surface area contributed by atoms with Crippen LogP contribution in [0.2, 0.25) is 5.02 Å². The largest absolute Gasteiger partial charge is 0.487 e. The van der Waals surface area contributed by atoms with Gasteiger partial charge in [0.2, 0.25) is 0 Å². The molecular formula is C20H20ClNO3. The Morgan fingerprint density at radius 1 is 1.28 bits per heavy atom. The first-order valence-corrected chi connectivity index (χ1v) is 8.99. The maximum Gasteiger partial charge on any atom is 0.337 e. The van der Waals surface area contributed by atoms with Gasteiger partial charge in [-0.2, -0.15) is 0 Å². The fourth-order valence-corrected chi connectivity index (χ4v) is 4.41. The minimum Gasteiger partial charge on any atom is -0.487 e. The molecule has 1 spiro atoms. The van der Waals surface area contributed by atoms with Crippen molar-refractivity contribution in [3.8, 4) is 16.9 Å². The summed E-state index contributed by atoms with van der Waals surface area (Å²) in [4.78, 5) is 15.6. The van der Waals surface area contributed by atoms with E-state index in [0.717, 1.165) is 53.7 Å². The van der Waals surface area contributed by atoms with Crippen LogP contribution in [0.15, 0.2) is 18.5 Å². The topological polar surface area (TPSA) is 59.4 Å². The van der Waals surface area contributed by atoms with Gasteiger partial charge < -0.3 is 9.84 Å². The summed E-state index contributed by atoms with van der Waals surface area (Å²) in [5, 5.41) is 10.1. The number of pyridine rings is 1. The molecule has 4 nitrogen and oxygen atoms in total. The van der Waals surface area contributed by atoms with Crippen LogP contribution in [0.5, 0.6) is 5.75 Å². The third-order valence-electron chi connectivity index (χ3n) is 5.73. The van der Waals surface area contributed by atoms with Crippen LogP contribution >= 0.6 is 11.6 Å². The number of ether oxygens (including phenoxy) is 1. The zero-order valence-corrected chi connectivity index (χ0v) is 15.1. The summed E-state index contributed by atoms with van der Waals surface area (Å²) in [6, 6.07) is 1.72. The van der Waals surface area contributed by atoms with E-state index in [1.165, 1.54) is 12.6 Å². The zero-order valence-electron chi connectivity index (χ0n) is 14.4. The molecule has 0 atom stereocenters.